The van der Waals surface area contributed by atoms with Gasteiger partial charge >= 0.3 is 0 Å². The first-order valence-electron chi connectivity index (χ1n) is 10.3. The maximum Gasteiger partial charge on any atom is 0.248 e. The van der Waals surface area contributed by atoms with E-state index in [9.17, 15) is 4.79 Å². The summed E-state index contributed by atoms with van der Waals surface area (Å²) in [6, 6.07) is 6.67. The van der Waals surface area contributed by atoms with Crippen LogP contribution in [0.2, 0.25) is 0 Å². The number of benzene rings is 1. The normalized spacial score (nSPS) is 25.0. The number of hydrogen-bond donors (Lipinski definition) is 0. The molecule has 1 unspecified atom stereocenters. The number of aryl methyl sites for hydroxylation is 2. The molecule has 0 aliphatic carbocycles. The number of carbonyl (C=O) groups is 1. The average molecular weight is 373 g/mol. The van der Waals surface area contributed by atoms with Crippen molar-refractivity contribution >= 4 is 5.91 Å². The van der Waals surface area contributed by atoms with Gasteiger partial charge in [0.15, 0.2) is 0 Å². The smallest absolute Gasteiger partial charge is 0.248 e. The SMILES string of the molecule is Cc1ccc(C)c(CN2CC3(CC(OCC(=O)N4CCCC4)CCO3)C2)c1. The maximum atomic E-state index is 12.2. The minimum absolute atomic E-state index is 0.0721. The summed E-state index contributed by atoms with van der Waals surface area (Å²) >= 11 is 0. The van der Waals surface area contributed by atoms with Gasteiger partial charge in [0, 0.05) is 45.8 Å². The van der Waals surface area contributed by atoms with E-state index >= 15 is 0 Å². The van der Waals surface area contributed by atoms with Gasteiger partial charge in [-0.1, -0.05) is 23.8 Å². The van der Waals surface area contributed by atoms with Crippen LogP contribution in [0.4, 0.5) is 0 Å². The molecule has 3 heterocycles. The first-order valence-corrected chi connectivity index (χ1v) is 10.3. The predicted molar refractivity (Wildman–Crippen MR) is 105 cm³/mol. The molecule has 148 valence electrons. The molecule has 5 heteroatoms. The van der Waals surface area contributed by atoms with Gasteiger partial charge in [-0.2, -0.15) is 0 Å². The van der Waals surface area contributed by atoms with Gasteiger partial charge in [-0.3, -0.25) is 9.69 Å². The Morgan fingerprint density at radius 2 is 2.04 bits per heavy atom. The van der Waals surface area contributed by atoms with Crippen LogP contribution in [0.25, 0.3) is 0 Å². The van der Waals surface area contributed by atoms with Gasteiger partial charge in [0.1, 0.15) is 6.61 Å². The second-order valence-corrected chi connectivity index (χ2v) is 8.62. The summed E-state index contributed by atoms with van der Waals surface area (Å²) in [5, 5.41) is 0. The topological polar surface area (TPSA) is 42.0 Å². The molecule has 3 fully saturated rings. The van der Waals surface area contributed by atoms with Gasteiger partial charge < -0.3 is 14.4 Å². The van der Waals surface area contributed by atoms with Crippen molar-refractivity contribution in [3.05, 3.63) is 34.9 Å². The molecule has 0 bridgehead atoms. The second kappa shape index (κ2) is 7.90. The molecule has 5 nitrogen and oxygen atoms in total. The zero-order chi connectivity index (χ0) is 18.9. The lowest BCUT2D eigenvalue weighted by Crippen LogP contribution is -2.65. The molecule has 0 aromatic heterocycles. The highest BCUT2D eigenvalue weighted by Crippen LogP contribution is 2.36. The molecular weight excluding hydrogens is 340 g/mol. The summed E-state index contributed by atoms with van der Waals surface area (Å²) in [7, 11) is 0. The van der Waals surface area contributed by atoms with Crippen LogP contribution in [-0.2, 0) is 20.8 Å². The number of hydrogen-bond acceptors (Lipinski definition) is 4. The molecule has 3 aliphatic rings. The van der Waals surface area contributed by atoms with Gasteiger partial charge in [-0.05, 0) is 44.2 Å². The molecule has 3 saturated heterocycles. The van der Waals surface area contributed by atoms with E-state index in [1.54, 1.807) is 0 Å². The quantitative estimate of drug-likeness (QED) is 0.797. The lowest BCUT2D eigenvalue weighted by atomic mass is 9.84. The van der Waals surface area contributed by atoms with Gasteiger partial charge in [-0.15, -0.1) is 0 Å². The van der Waals surface area contributed by atoms with E-state index in [2.05, 4.69) is 36.9 Å². The minimum atomic E-state index is -0.0721. The summed E-state index contributed by atoms with van der Waals surface area (Å²) in [4.78, 5) is 16.6. The third kappa shape index (κ3) is 4.36. The third-order valence-corrected chi connectivity index (χ3v) is 6.27. The number of nitrogens with zero attached hydrogens (tertiary/aromatic N) is 2. The van der Waals surface area contributed by atoms with Crippen molar-refractivity contribution in [1.82, 2.24) is 9.80 Å². The van der Waals surface area contributed by atoms with Crippen LogP contribution < -0.4 is 0 Å². The second-order valence-electron chi connectivity index (χ2n) is 8.62. The van der Waals surface area contributed by atoms with Gasteiger partial charge in [0.2, 0.25) is 5.91 Å². The Morgan fingerprint density at radius 1 is 1.26 bits per heavy atom. The summed E-state index contributed by atoms with van der Waals surface area (Å²) in [6.07, 6.45) is 4.20. The van der Waals surface area contributed by atoms with Crippen molar-refractivity contribution in [2.45, 2.75) is 57.8 Å². The molecule has 1 atom stereocenters. The van der Waals surface area contributed by atoms with Crippen molar-refractivity contribution in [2.24, 2.45) is 0 Å². The van der Waals surface area contributed by atoms with Crippen molar-refractivity contribution in [2.75, 3.05) is 39.4 Å². The molecule has 0 saturated carbocycles. The highest BCUT2D eigenvalue weighted by atomic mass is 16.5. The van der Waals surface area contributed by atoms with Crippen molar-refractivity contribution in [1.29, 1.82) is 0 Å². The molecule has 0 radical (unpaired) electrons. The molecule has 4 rings (SSSR count). The molecule has 3 aliphatic heterocycles. The Hall–Kier alpha value is -1.43. The van der Waals surface area contributed by atoms with E-state index in [0.29, 0.717) is 0 Å². The van der Waals surface area contributed by atoms with Gasteiger partial charge in [-0.25, -0.2) is 0 Å². The molecule has 1 spiro atoms. The fraction of sp³-hybridized carbons (Fsp3) is 0.682. The van der Waals surface area contributed by atoms with Gasteiger partial charge in [0.05, 0.1) is 11.7 Å². The summed E-state index contributed by atoms with van der Waals surface area (Å²) in [5.74, 6) is 0.151. The molecule has 1 aromatic carbocycles. The Bertz CT molecular complexity index is 678. The number of likely N-dealkylation sites (tertiary alicyclic amines) is 2. The summed E-state index contributed by atoms with van der Waals surface area (Å²) in [6.45, 7) is 9.99. The van der Waals surface area contributed by atoms with Crippen LogP contribution in [0.15, 0.2) is 18.2 Å². The van der Waals surface area contributed by atoms with E-state index in [0.717, 1.165) is 65.0 Å². The molecule has 1 aromatic rings. The third-order valence-electron chi connectivity index (χ3n) is 6.27. The molecular formula is C22H32N2O3. The largest absolute Gasteiger partial charge is 0.372 e. The van der Waals surface area contributed by atoms with Crippen LogP contribution in [-0.4, -0.2) is 66.8 Å². The standard InChI is InChI=1S/C22H32N2O3/c1-17-5-6-18(2)19(11-17)13-23-15-22(16-23)12-20(7-10-27-22)26-14-21(25)24-8-3-4-9-24/h5-6,11,20H,3-4,7-10,12-16H2,1-2H3. The van der Waals surface area contributed by atoms with Crippen LogP contribution >= 0.6 is 0 Å². The first kappa shape index (κ1) is 18.9. The number of carbonyl (C=O) groups excluding carboxylic acids is 1. The van der Waals surface area contributed by atoms with Gasteiger partial charge in [0.25, 0.3) is 0 Å². The van der Waals surface area contributed by atoms with Crippen molar-refractivity contribution in [3.63, 3.8) is 0 Å². The monoisotopic (exact) mass is 372 g/mol. The number of rotatable bonds is 5. The zero-order valence-electron chi connectivity index (χ0n) is 16.7. The molecule has 0 N–H and O–H groups in total. The van der Waals surface area contributed by atoms with E-state index in [4.69, 9.17) is 9.47 Å². The van der Waals surface area contributed by atoms with E-state index in [-0.39, 0.29) is 24.2 Å². The summed E-state index contributed by atoms with van der Waals surface area (Å²) < 4.78 is 12.1. The fourth-order valence-electron chi connectivity index (χ4n) is 4.68. The predicted octanol–water partition coefficient (Wildman–Crippen LogP) is 2.68. The molecule has 27 heavy (non-hydrogen) atoms. The Balaban J connectivity index is 1.25. The minimum Gasteiger partial charge on any atom is -0.372 e. The van der Waals surface area contributed by atoms with E-state index < -0.39 is 0 Å². The maximum absolute atomic E-state index is 12.2. The van der Waals surface area contributed by atoms with Crippen LogP contribution in [0.3, 0.4) is 0 Å². The Morgan fingerprint density at radius 3 is 2.81 bits per heavy atom. The zero-order valence-corrected chi connectivity index (χ0v) is 16.7. The van der Waals surface area contributed by atoms with Crippen molar-refractivity contribution in [3.8, 4) is 0 Å². The van der Waals surface area contributed by atoms with Crippen molar-refractivity contribution < 1.29 is 14.3 Å². The van der Waals surface area contributed by atoms with Crippen LogP contribution in [0, 0.1) is 13.8 Å². The highest BCUT2D eigenvalue weighted by molar-refractivity contribution is 5.77. The number of amides is 1. The van der Waals surface area contributed by atoms with E-state index in [1.807, 2.05) is 4.90 Å². The number of ether oxygens (including phenoxy) is 2. The highest BCUT2D eigenvalue weighted by Gasteiger charge is 2.47. The molecule has 1 amide bonds. The Kier molecular flexibility index (Phi) is 5.53. The fourth-order valence-corrected chi connectivity index (χ4v) is 4.68. The van der Waals surface area contributed by atoms with Crippen LogP contribution in [0.5, 0.6) is 0 Å². The Labute approximate surface area is 162 Å². The van der Waals surface area contributed by atoms with Crippen LogP contribution in [0.1, 0.15) is 42.4 Å². The lowest BCUT2D eigenvalue weighted by Gasteiger charge is -2.53. The summed E-state index contributed by atoms with van der Waals surface area (Å²) in [5.41, 5.74) is 4.01. The average Bonchev–Trinajstić information content (AvgIpc) is 3.16. The first-order chi connectivity index (χ1) is 13.0. The van der Waals surface area contributed by atoms with E-state index in [1.165, 1.54) is 16.7 Å². The lowest BCUT2D eigenvalue weighted by molar-refractivity contribution is -0.200.